The molecule has 0 saturated heterocycles. The summed E-state index contributed by atoms with van der Waals surface area (Å²) >= 11 is 0. The molecule has 0 nitrogen and oxygen atoms in total. The molecule has 0 bridgehead atoms. The van der Waals surface area contributed by atoms with Gasteiger partial charge in [-0.15, -0.1) is 0 Å². The van der Waals surface area contributed by atoms with E-state index in [0.717, 1.165) is 6.42 Å². The fourth-order valence-electron chi connectivity index (χ4n) is 0.699. The Morgan fingerprint density at radius 2 is 1.90 bits per heavy atom. The van der Waals surface area contributed by atoms with Crippen LogP contribution in [0.1, 0.15) is 40.0 Å². The number of unbranched alkanes of at least 4 members (excludes halogenated alkanes) is 2. The Balaban J connectivity index is 3.37. The summed E-state index contributed by atoms with van der Waals surface area (Å²) in [7, 11) is 0. The molecule has 0 aliphatic carbocycles. The van der Waals surface area contributed by atoms with Crippen LogP contribution in [-0.4, -0.2) is 0 Å². The second-order valence-corrected chi connectivity index (χ2v) is 3.76. The molecule has 0 spiro atoms. The normalized spacial score (nSPS) is 12.8. The zero-order valence-electron chi connectivity index (χ0n) is 7.48. The molecule has 0 aromatic carbocycles. The minimum Gasteiger partial charge on any atom is -0.0880 e. The molecule has 0 aromatic rings. The maximum atomic E-state index is 3.79. The van der Waals surface area contributed by atoms with Crippen LogP contribution in [-0.2, 0) is 0 Å². The minimum atomic E-state index is 0.348. The van der Waals surface area contributed by atoms with Gasteiger partial charge in [-0.3, -0.25) is 0 Å². The fraction of sp³-hybridized carbons (Fsp3) is 0.700. The first kappa shape index (κ1) is 9.74. The van der Waals surface area contributed by atoms with Crippen molar-refractivity contribution in [1.82, 2.24) is 0 Å². The molecule has 1 radical (unpaired) electrons. The molecule has 0 N–H and O–H groups in total. The Morgan fingerprint density at radius 3 is 2.30 bits per heavy atom. The first-order valence-electron chi connectivity index (χ1n) is 4.03. The maximum Gasteiger partial charge on any atom is -0.0203 e. The van der Waals surface area contributed by atoms with Gasteiger partial charge in [0.2, 0.25) is 0 Å². The monoisotopic (exact) mass is 139 g/mol. The van der Waals surface area contributed by atoms with Crippen LogP contribution in [0.15, 0.2) is 12.2 Å². The van der Waals surface area contributed by atoms with Crippen molar-refractivity contribution in [3.05, 3.63) is 19.1 Å². The maximum absolute atomic E-state index is 3.79. The Hall–Kier alpha value is -0.260. The molecule has 0 aliphatic rings. The molecule has 0 rings (SSSR count). The lowest BCUT2D eigenvalue weighted by Gasteiger charge is -2.10. The van der Waals surface area contributed by atoms with Gasteiger partial charge in [-0.25, -0.2) is 0 Å². The van der Waals surface area contributed by atoms with Crippen LogP contribution >= 0.6 is 0 Å². The molecule has 0 heteroatoms. The average molecular weight is 139 g/mol. The zero-order chi connectivity index (χ0) is 8.04. The van der Waals surface area contributed by atoms with E-state index in [4.69, 9.17) is 0 Å². The summed E-state index contributed by atoms with van der Waals surface area (Å²) in [5.74, 6) is 0. The summed E-state index contributed by atoms with van der Waals surface area (Å²) in [6, 6.07) is 0. The zero-order valence-corrected chi connectivity index (χ0v) is 7.48. The van der Waals surface area contributed by atoms with Crippen LogP contribution in [0.2, 0.25) is 0 Å². The fourth-order valence-corrected chi connectivity index (χ4v) is 0.699. The lowest BCUT2D eigenvalue weighted by molar-refractivity contribution is 0.541. The van der Waals surface area contributed by atoms with Crippen LogP contribution in [0.5, 0.6) is 0 Å². The van der Waals surface area contributed by atoms with E-state index in [0.29, 0.717) is 5.41 Å². The van der Waals surface area contributed by atoms with Gasteiger partial charge in [0, 0.05) is 0 Å². The highest BCUT2D eigenvalue weighted by molar-refractivity contribution is 4.91. The van der Waals surface area contributed by atoms with Crippen LogP contribution < -0.4 is 0 Å². The molecule has 0 aromatic heterocycles. The smallest absolute Gasteiger partial charge is 0.0203 e. The molecule has 0 fully saturated rings. The largest absolute Gasteiger partial charge is 0.0880 e. The van der Waals surface area contributed by atoms with Gasteiger partial charge in [0.25, 0.3) is 0 Å². The summed E-state index contributed by atoms with van der Waals surface area (Å²) in [6.07, 6.45) is 7.97. The van der Waals surface area contributed by atoms with Gasteiger partial charge in [0.05, 0.1) is 0 Å². The average Bonchev–Trinajstić information content (AvgIpc) is 1.78. The van der Waals surface area contributed by atoms with E-state index in [-0.39, 0.29) is 0 Å². The first-order valence-corrected chi connectivity index (χ1v) is 4.03. The number of rotatable bonds is 3. The second-order valence-electron chi connectivity index (χ2n) is 3.76. The summed E-state index contributed by atoms with van der Waals surface area (Å²) in [5.41, 5.74) is 0.348. The second kappa shape index (κ2) is 4.54. The van der Waals surface area contributed by atoms with E-state index in [1.54, 1.807) is 0 Å². The van der Waals surface area contributed by atoms with Crippen molar-refractivity contribution in [1.29, 1.82) is 0 Å². The van der Waals surface area contributed by atoms with Gasteiger partial charge < -0.3 is 0 Å². The SMILES string of the molecule is [CH2]CCCC=CC(C)(C)C. The topological polar surface area (TPSA) is 0 Å². The van der Waals surface area contributed by atoms with Crippen molar-refractivity contribution in [3.8, 4) is 0 Å². The number of allylic oxidation sites excluding steroid dienone is 2. The van der Waals surface area contributed by atoms with Crippen LogP contribution in [0, 0.1) is 12.3 Å². The summed E-state index contributed by atoms with van der Waals surface area (Å²) in [6.45, 7) is 10.4. The highest BCUT2D eigenvalue weighted by Crippen LogP contribution is 2.15. The molecular formula is C10H19. The Kier molecular flexibility index (Phi) is 4.42. The van der Waals surface area contributed by atoms with Crippen LogP contribution in [0.4, 0.5) is 0 Å². The van der Waals surface area contributed by atoms with E-state index in [9.17, 15) is 0 Å². The predicted molar refractivity (Wildman–Crippen MR) is 47.8 cm³/mol. The third-order valence-electron chi connectivity index (χ3n) is 1.24. The van der Waals surface area contributed by atoms with E-state index in [2.05, 4.69) is 39.8 Å². The lowest BCUT2D eigenvalue weighted by atomic mass is 9.96. The molecule has 0 heterocycles. The van der Waals surface area contributed by atoms with Crippen LogP contribution in [0.25, 0.3) is 0 Å². The Morgan fingerprint density at radius 1 is 1.30 bits per heavy atom. The number of hydrogen-bond donors (Lipinski definition) is 0. The third-order valence-corrected chi connectivity index (χ3v) is 1.24. The van der Waals surface area contributed by atoms with E-state index >= 15 is 0 Å². The highest BCUT2D eigenvalue weighted by Gasteiger charge is 2.01. The standard InChI is InChI=1S/C10H19/c1-5-6-7-8-9-10(2,3)4/h8-9H,1,5-7H2,2-4H3. The molecule has 0 saturated carbocycles. The number of hydrogen-bond acceptors (Lipinski definition) is 0. The molecule has 0 unspecified atom stereocenters. The molecule has 0 atom stereocenters. The van der Waals surface area contributed by atoms with Gasteiger partial charge in [0.15, 0.2) is 0 Å². The lowest BCUT2D eigenvalue weighted by Crippen LogP contribution is -1.97. The van der Waals surface area contributed by atoms with Gasteiger partial charge in [0.1, 0.15) is 0 Å². The van der Waals surface area contributed by atoms with Crippen LogP contribution in [0.3, 0.4) is 0 Å². The predicted octanol–water partition coefficient (Wildman–Crippen LogP) is 3.59. The van der Waals surface area contributed by atoms with Gasteiger partial charge in [-0.05, 0) is 18.3 Å². The minimum absolute atomic E-state index is 0.348. The molecule has 10 heavy (non-hydrogen) atoms. The highest BCUT2D eigenvalue weighted by atomic mass is 14.1. The van der Waals surface area contributed by atoms with Crippen molar-refractivity contribution in [2.45, 2.75) is 40.0 Å². The van der Waals surface area contributed by atoms with Crippen molar-refractivity contribution < 1.29 is 0 Å². The van der Waals surface area contributed by atoms with Gasteiger partial charge in [-0.1, -0.05) is 46.3 Å². The van der Waals surface area contributed by atoms with Crippen molar-refractivity contribution in [3.63, 3.8) is 0 Å². The summed E-state index contributed by atoms with van der Waals surface area (Å²) in [4.78, 5) is 0. The Labute approximate surface area is 65.3 Å². The molecule has 0 aliphatic heterocycles. The molecule has 0 amide bonds. The summed E-state index contributed by atoms with van der Waals surface area (Å²) in [5, 5.41) is 0. The van der Waals surface area contributed by atoms with Crippen molar-refractivity contribution in [2.75, 3.05) is 0 Å². The third kappa shape index (κ3) is 7.74. The first-order chi connectivity index (χ1) is 4.56. The Bertz CT molecular complexity index is 93.1. The van der Waals surface area contributed by atoms with E-state index in [1.807, 2.05) is 0 Å². The quantitative estimate of drug-likeness (QED) is 0.414. The molecular weight excluding hydrogens is 120 g/mol. The van der Waals surface area contributed by atoms with E-state index < -0.39 is 0 Å². The van der Waals surface area contributed by atoms with Crippen molar-refractivity contribution in [2.24, 2.45) is 5.41 Å². The van der Waals surface area contributed by atoms with Crippen molar-refractivity contribution >= 4 is 0 Å². The van der Waals surface area contributed by atoms with Gasteiger partial charge in [-0.2, -0.15) is 0 Å². The van der Waals surface area contributed by atoms with E-state index in [1.165, 1.54) is 12.8 Å². The summed E-state index contributed by atoms with van der Waals surface area (Å²) < 4.78 is 0. The molecule has 59 valence electrons. The van der Waals surface area contributed by atoms with Gasteiger partial charge >= 0.3 is 0 Å².